The van der Waals surface area contributed by atoms with Crippen LogP contribution in [0.15, 0.2) is 41.9 Å². The van der Waals surface area contributed by atoms with Crippen LogP contribution in [0.3, 0.4) is 0 Å². The largest absolute Gasteiger partial charge is 0.495 e. The Balaban J connectivity index is 2.60. The van der Waals surface area contributed by atoms with Gasteiger partial charge in [-0.3, -0.25) is 0 Å². The second-order valence-electron chi connectivity index (χ2n) is 4.79. The lowest BCUT2D eigenvalue weighted by molar-refractivity contribution is 0.415. The molecule has 0 atom stereocenters. The summed E-state index contributed by atoms with van der Waals surface area (Å²) in [7, 11) is 1.69. The van der Waals surface area contributed by atoms with Gasteiger partial charge in [0, 0.05) is 24.5 Å². The van der Waals surface area contributed by atoms with Gasteiger partial charge in [-0.05, 0) is 25.5 Å². The average Bonchev–Trinajstić information content (AvgIpc) is 2.72. The van der Waals surface area contributed by atoms with E-state index in [-0.39, 0.29) is 0 Å². The number of rotatable bonds is 6. The molecule has 106 valence electrons. The minimum absolute atomic E-state index is 0.729. The lowest BCUT2D eigenvalue weighted by Gasteiger charge is -2.23. The number of furan rings is 1. The maximum atomic E-state index is 5.81. The monoisotopic (exact) mass is 271 g/mol. The van der Waals surface area contributed by atoms with E-state index in [0.717, 1.165) is 46.8 Å². The molecular formula is C17H21NO2. The number of nitrogens with zero attached hydrogens (tertiary/aromatic N) is 1. The number of methoxy groups -OCH3 is 1. The van der Waals surface area contributed by atoms with Crippen LogP contribution in [0, 0.1) is 13.8 Å². The van der Waals surface area contributed by atoms with Crippen LogP contribution in [0.2, 0.25) is 0 Å². The highest BCUT2D eigenvalue weighted by Crippen LogP contribution is 2.36. The van der Waals surface area contributed by atoms with Crippen LogP contribution in [-0.4, -0.2) is 20.2 Å². The smallest absolute Gasteiger partial charge is 0.143 e. The molecule has 0 saturated carbocycles. The maximum absolute atomic E-state index is 5.81. The third-order valence-corrected chi connectivity index (χ3v) is 3.52. The van der Waals surface area contributed by atoms with Gasteiger partial charge in [0.2, 0.25) is 0 Å². The zero-order valence-corrected chi connectivity index (χ0v) is 12.4. The molecule has 0 amide bonds. The molecule has 0 aliphatic heterocycles. The predicted octanol–water partition coefficient (Wildman–Crippen LogP) is 4.24. The molecule has 0 saturated heterocycles. The van der Waals surface area contributed by atoms with Crippen LogP contribution in [0.5, 0.6) is 5.75 Å². The van der Waals surface area contributed by atoms with E-state index in [9.17, 15) is 0 Å². The number of hydrogen-bond acceptors (Lipinski definition) is 3. The topological polar surface area (TPSA) is 25.6 Å². The number of anilines is 1. The molecule has 3 nitrogen and oxygen atoms in total. The Kier molecular flexibility index (Phi) is 4.18. The van der Waals surface area contributed by atoms with Crippen LogP contribution in [-0.2, 0) is 0 Å². The van der Waals surface area contributed by atoms with Crippen molar-refractivity contribution in [1.29, 1.82) is 0 Å². The van der Waals surface area contributed by atoms with E-state index < -0.39 is 0 Å². The first-order valence-electron chi connectivity index (χ1n) is 6.66. The quantitative estimate of drug-likeness (QED) is 0.735. The van der Waals surface area contributed by atoms with Crippen LogP contribution in [0.4, 0.5) is 5.69 Å². The maximum Gasteiger partial charge on any atom is 0.143 e. The third kappa shape index (κ3) is 2.44. The van der Waals surface area contributed by atoms with E-state index in [1.54, 1.807) is 7.11 Å². The predicted molar refractivity (Wildman–Crippen MR) is 84.8 cm³/mol. The van der Waals surface area contributed by atoms with E-state index >= 15 is 0 Å². The molecule has 2 rings (SSSR count). The normalized spacial score (nSPS) is 10.6. The van der Waals surface area contributed by atoms with Crippen molar-refractivity contribution < 1.29 is 9.15 Å². The molecule has 0 fully saturated rings. The lowest BCUT2D eigenvalue weighted by Crippen LogP contribution is -2.23. The van der Waals surface area contributed by atoms with E-state index in [1.807, 2.05) is 31.2 Å². The fourth-order valence-electron chi connectivity index (χ4n) is 2.35. The van der Waals surface area contributed by atoms with Gasteiger partial charge in [0.05, 0.1) is 12.8 Å². The van der Waals surface area contributed by atoms with Gasteiger partial charge in [-0.25, -0.2) is 0 Å². The van der Waals surface area contributed by atoms with Crippen molar-refractivity contribution in [3.05, 3.63) is 48.8 Å². The van der Waals surface area contributed by atoms with Crippen LogP contribution in [0.25, 0.3) is 11.0 Å². The van der Waals surface area contributed by atoms with Gasteiger partial charge in [0.25, 0.3) is 0 Å². The fourth-order valence-corrected chi connectivity index (χ4v) is 2.35. The van der Waals surface area contributed by atoms with Gasteiger partial charge in [0.1, 0.15) is 17.1 Å². The van der Waals surface area contributed by atoms with Crippen molar-refractivity contribution in [2.75, 3.05) is 25.1 Å². The highest BCUT2D eigenvalue weighted by Gasteiger charge is 2.15. The van der Waals surface area contributed by atoms with Crippen molar-refractivity contribution in [1.82, 2.24) is 0 Å². The van der Waals surface area contributed by atoms with Crippen molar-refractivity contribution in [3.63, 3.8) is 0 Å². The van der Waals surface area contributed by atoms with E-state index in [2.05, 4.69) is 25.0 Å². The Bertz CT molecular complexity index is 630. The zero-order valence-electron chi connectivity index (χ0n) is 12.4. The molecule has 0 N–H and O–H groups in total. The average molecular weight is 271 g/mol. The molecule has 1 aromatic heterocycles. The van der Waals surface area contributed by atoms with Crippen molar-refractivity contribution >= 4 is 16.7 Å². The van der Waals surface area contributed by atoms with Crippen molar-refractivity contribution in [3.8, 4) is 5.75 Å². The van der Waals surface area contributed by atoms with E-state index in [4.69, 9.17) is 9.15 Å². The first-order valence-corrected chi connectivity index (χ1v) is 6.66. The number of hydrogen-bond donors (Lipinski definition) is 0. The molecule has 1 heterocycles. The second kappa shape index (κ2) is 5.87. The Morgan fingerprint density at radius 3 is 2.40 bits per heavy atom. The SMILES string of the molecule is C=CCN(CC=C)c1cc2oc(C)c(C)c2cc1OC. The highest BCUT2D eigenvalue weighted by atomic mass is 16.5. The molecular weight excluding hydrogens is 250 g/mol. The molecule has 3 heteroatoms. The van der Waals surface area contributed by atoms with Gasteiger partial charge < -0.3 is 14.1 Å². The molecule has 1 aromatic carbocycles. The summed E-state index contributed by atoms with van der Waals surface area (Å²) >= 11 is 0. The summed E-state index contributed by atoms with van der Waals surface area (Å²) in [4.78, 5) is 2.14. The van der Waals surface area contributed by atoms with Crippen molar-refractivity contribution in [2.24, 2.45) is 0 Å². The summed E-state index contributed by atoms with van der Waals surface area (Å²) in [6, 6.07) is 4.07. The van der Waals surface area contributed by atoms with Gasteiger partial charge in [0.15, 0.2) is 0 Å². The molecule has 0 spiro atoms. The van der Waals surface area contributed by atoms with Gasteiger partial charge in [-0.15, -0.1) is 13.2 Å². The summed E-state index contributed by atoms with van der Waals surface area (Å²) in [6.07, 6.45) is 3.73. The van der Waals surface area contributed by atoms with E-state index in [0.29, 0.717) is 0 Å². The van der Waals surface area contributed by atoms with Crippen molar-refractivity contribution in [2.45, 2.75) is 13.8 Å². The third-order valence-electron chi connectivity index (χ3n) is 3.52. The number of ether oxygens (including phenoxy) is 1. The molecule has 0 aliphatic carbocycles. The molecule has 20 heavy (non-hydrogen) atoms. The standard InChI is InChI=1S/C17H21NO2/c1-6-8-18(9-7-2)15-11-16-14(10-17(15)19-5)12(3)13(4)20-16/h6-7,10-11H,1-2,8-9H2,3-5H3. The summed E-state index contributed by atoms with van der Waals surface area (Å²) in [5.74, 6) is 1.78. The second-order valence-corrected chi connectivity index (χ2v) is 4.79. The van der Waals surface area contributed by atoms with Gasteiger partial charge in [-0.2, -0.15) is 0 Å². The summed E-state index contributed by atoms with van der Waals surface area (Å²) in [5, 5.41) is 1.10. The summed E-state index contributed by atoms with van der Waals surface area (Å²) in [6.45, 7) is 13.1. The Labute approximate surface area is 120 Å². The van der Waals surface area contributed by atoms with E-state index in [1.165, 1.54) is 0 Å². The lowest BCUT2D eigenvalue weighted by atomic mass is 10.1. The first kappa shape index (κ1) is 14.3. The Morgan fingerprint density at radius 2 is 1.85 bits per heavy atom. The van der Waals surface area contributed by atoms with Crippen LogP contribution >= 0.6 is 0 Å². The first-order chi connectivity index (χ1) is 9.62. The number of benzene rings is 1. The minimum atomic E-state index is 0.729. The number of fused-ring (bicyclic) bond motifs is 1. The highest BCUT2D eigenvalue weighted by molar-refractivity contribution is 5.88. The Morgan fingerprint density at radius 1 is 1.20 bits per heavy atom. The van der Waals surface area contributed by atoms with Gasteiger partial charge in [-0.1, -0.05) is 12.2 Å². The summed E-state index contributed by atoms with van der Waals surface area (Å²) in [5.41, 5.74) is 3.03. The molecule has 2 aromatic rings. The summed E-state index contributed by atoms with van der Waals surface area (Å²) < 4.78 is 11.4. The Hall–Kier alpha value is -2.16. The van der Waals surface area contributed by atoms with Crippen LogP contribution < -0.4 is 9.64 Å². The van der Waals surface area contributed by atoms with Gasteiger partial charge >= 0.3 is 0 Å². The molecule has 0 unspecified atom stereocenters. The molecule has 0 bridgehead atoms. The minimum Gasteiger partial charge on any atom is -0.495 e. The zero-order chi connectivity index (χ0) is 14.7. The fraction of sp³-hybridized carbons (Fsp3) is 0.294. The van der Waals surface area contributed by atoms with Crippen LogP contribution in [0.1, 0.15) is 11.3 Å². The molecule has 0 aliphatic rings. The molecule has 0 radical (unpaired) electrons. The number of aryl methyl sites for hydroxylation is 2.